The molecule has 1 heterocycles. The second-order valence-corrected chi connectivity index (χ2v) is 4.38. The van der Waals surface area contributed by atoms with E-state index in [2.05, 4.69) is 11.0 Å². The molecule has 0 bridgehead atoms. The first-order chi connectivity index (χ1) is 8.74. The van der Waals surface area contributed by atoms with Crippen LogP contribution < -0.4 is 4.74 Å². The summed E-state index contributed by atoms with van der Waals surface area (Å²) in [6.07, 6.45) is 1.10. The highest BCUT2D eigenvalue weighted by atomic mass is 16.5. The molecule has 1 aromatic carbocycles. The lowest BCUT2D eigenvalue weighted by atomic mass is 10.0. The van der Waals surface area contributed by atoms with E-state index in [0.29, 0.717) is 25.9 Å². The Kier molecular flexibility index (Phi) is 3.96. The highest BCUT2D eigenvalue weighted by Crippen LogP contribution is 2.24. The zero-order chi connectivity index (χ0) is 13.0. The third-order valence-corrected chi connectivity index (χ3v) is 3.27. The molecule has 0 amide bonds. The lowest BCUT2D eigenvalue weighted by molar-refractivity contribution is -0.121. The molecule has 0 aromatic heterocycles. The summed E-state index contributed by atoms with van der Waals surface area (Å²) in [6.45, 7) is 1.34. The van der Waals surface area contributed by atoms with Crippen molar-refractivity contribution in [2.45, 2.75) is 18.9 Å². The summed E-state index contributed by atoms with van der Waals surface area (Å²) in [7, 11) is 1.62. The number of methoxy groups -OCH3 is 1. The van der Waals surface area contributed by atoms with E-state index < -0.39 is 0 Å². The van der Waals surface area contributed by atoms with Gasteiger partial charge in [0.05, 0.1) is 13.2 Å². The maximum absolute atomic E-state index is 11.2. The van der Waals surface area contributed by atoms with Gasteiger partial charge in [0.2, 0.25) is 0 Å². The molecule has 2 rings (SSSR count). The molecule has 1 unspecified atom stereocenters. The third kappa shape index (κ3) is 2.69. The topological polar surface area (TPSA) is 53.3 Å². The Morgan fingerprint density at radius 3 is 2.39 bits per heavy atom. The number of hydrogen-bond donors (Lipinski definition) is 0. The Bertz CT molecular complexity index is 452. The minimum absolute atomic E-state index is 0.274. The number of nitriles is 1. The first-order valence-electron chi connectivity index (χ1n) is 6.04. The number of ketones is 1. The number of hydrogen-bond acceptors (Lipinski definition) is 4. The monoisotopic (exact) mass is 244 g/mol. The molecular weight excluding hydrogens is 228 g/mol. The maximum atomic E-state index is 11.2. The average Bonchev–Trinajstić information content (AvgIpc) is 2.42. The van der Waals surface area contributed by atoms with Crippen molar-refractivity contribution in [3.8, 4) is 11.8 Å². The number of carbonyl (C=O) groups is 1. The predicted molar refractivity (Wildman–Crippen MR) is 67.2 cm³/mol. The van der Waals surface area contributed by atoms with E-state index in [9.17, 15) is 10.1 Å². The molecule has 1 saturated heterocycles. The van der Waals surface area contributed by atoms with Gasteiger partial charge in [0.1, 0.15) is 17.6 Å². The van der Waals surface area contributed by atoms with Crippen molar-refractivity contribution >= 4 is 5.78 Å². The van der Waals surface area contributed by atoms with Crippen molar-refractivity contribution in [3.05, 3.63) is 29.8 Å². The lowest BCUT2D eigenvalue weighted by Crippen LogP contribution is -2.36. The summed E-state index contributed by atoms with van der Waals surface area (Å²) in [5.74, 6) is 1.07. The van der Waals surface area contributed by atoms with Crippen LogP contribution in [0.15, 0.2) is 24.3 Å². The van der Waals surface area contributed by atoms with Crippen molar-refractivity contribution in [2.75, 3.05) is 20.2 Å². The normalized spacial score (nSPS) is 18.1. The fourth-order valence-corrected chi connectivity index (χ4v) is 2.18. The molecule has 0 aliphatic carbocycles. The molecule has 1 aliphatic heterocycles. The largest absolute Gasteiger partial charge is 0.497 e. The molecule has 1 aliphatic rings. The van der Waals surface area contributed by atoms with Crippen molar-refractivity contribution in [2.24, 2.45) is 0 Å². The molecule has 1 atom stereocenters. The molecule has 18 heavy (non-hydrogen) atoms. The van der Waals surface area contributed by atoms with Gasteiger partial charge in [-0.3, -0.25) is 9.69 Å². The molecule has 0 saturated carbocycles. The number of nitrogens with zero attached hydrogens (tertiary/aromatic N) is 2. The molecule has 4 heteroatoms. The summed E-state index contributed by atoms with van der Waals surface area (Å²) in [5.41, 5.74) is 0.952. The highest BCUT2D eigenvalue weighted by molar-refractivity contribution is 5.79. The van der Waals surface area contributed by atoms with Crippen LogP contribution in [0.2, 0.25) is 0 Å². The second kappa shape index (κ2) is 5.65. The smallest absolute Gasteiger partial charge is 0.135 e. The average molecular weight is 244 g/mol. The van der Waals surface area contributed by atoms with Gasteiger partial charge in [0, 0.05) is 25.9 Å². The van der Waals surface area contributed by atoms with Gasteiger partial charge >= 0.3 is 0 Å². The number of Topliss-reactive ketones (excluding diaryl/α,β-unsaturated/α-hetero) is 1. The number of piperidine rings is 1. The Morgan fingerprint density at radius 2 is 1.89 bits per heavy atom. The van der Waals surface area contributed by atoms with Gasteiger partial charge in [-0.05, 0) is 17.7 Å². The van der Waals surface area contributed by atoms with Gasteiger partial charge in [-0.25, -0.2) is 0 Å². The number of carbonyl (C=O) groups excluding carboxylic acids is 1. The molecule has 1 aromatic rings. The molecule has 94 valence electrons. The SMILES string of the molecule is COc1ccc(C(C#N)N2CCC(=O)CC2)cc1. The van der Waals surface area contributed by atoms with E-state index in [1.807, 2.05) is 24.3 Å². The molecule has 0 N–H and O–H groups in total. The van der Waals surface area contributed by atoms with E-state index in [0.717, 1.165) is 11.3 Å². The zero-order valence-electron chi connectivity index (χ0n) is 10.4. The maximum Gasteiger partial charge on any atom is 0.135 e. The summed E-state index contributed by atoms with van der Waals surface area (Å²) < 4.78 is 5.10. The Morgan fingerprint density at radius 1 is 1.28 bits per heavy atom. The fraction of sp³-hybridized carbons (Fsp3) is 0.429. The minimum atomic E-state index is -0.274. The fourth-order valence-electron chi connectivity index (χ4n) is 2.18. The number of ether oxygens (including phenoxy) is 1. The Labute approximate surface area is 107 Å². The molecule has 0 spiro atoms. The number of rotatable bonds is 3. The second-order valence-electron chi connectivity index (χ2n) is 4.38. The first-order valence-corrected chi connectivity index (χ1v) is 6.04. The summed E-state index contributed by atoms with van der Waals surface area (Å²) in [5, 5.41) is 9.32. The summed E-state index contributed by atoms with van der Waals surface area (Å²) in [6, 6.07) is 9.56. The van der Waals surface area contributed by atoms with Crippen LogP contribution in [0.1, 0.15) is 24.4 Å². The molecule has 0 radical (unpaired) electrons. The minimum Gasteiger partial charge on any atom is -0.497 e. The van der Waals surface area contributed by atoms with Crippen molar-refractivity contribution in [1.29, 1.82) is 5.26 Å². The zero-order valence-corrected chi connectivity index (χ0v) is 10.4. The van der Waals surface area contributed by atoms with Crippen molar-refractivity contribution in [1.82, 2.24) is 4.90 Å². The van der Waals surface area contributed by atoms with Crippen LogP contribution in [0.3, 0.4) is 0 Å². The molecule has 4 nitrogen and oxygen atoms in total. The number of benzene rings is 1. The van der Waals surface area contributed by atoms with E-state index >= 15 is 0 Å². The number of likely N-dealkylation sites (tertiary alicyclic amines) is 1. The van der Waals surface area contributed by atoms with Crippen LogP contribution in [0.5, 0.6) is 5.75 Å². The predicted octanol–water partition coefficient (Wildman–Crippen LogP) is 1.92. The van der Waals surface area contributed by atoms with Crippen LogP contribution in [-0.2, 0) is 4.79 Å². The van der Waals surface area contributed by atoms with E-state index in [4.69, 9.17) is 4.74 Å². The van der Waals surface area contributed by atoms with Crippen LogP contribution in [0.25, 0.3) is 0 Å². The Hall–Kier alpha value is -1.86. The van der Waals surface area contributed by atoms with Gasteiger partial charge in [-0.1, -0.05) is 12.1 Å². The first kappa shape index (κ1) is 12.6. The van der Waals surface area contributed by atoms with Crippen LogP contribution in [-0.4, -0.2) is 30.9 Å². The van der Waals surface area contributed by atoms with Crippen LogP contribution >= 0.6 is 0 Å². The highest BCUT2D eigenvalue weighted by Gasteiger charge is 2.24. The summed E-state index contributed by atoms with van der Waals surface area (Å²) in [4.78, 5) is 13.3. The van der Waals surface area contributed by atoms with E-state index in [1.54, 1.807) is 7.11 Å². The van der Waals surface area contributed by atoms with Crippen LogP contribution in [0.4, 0.5) is 0 Å². The van der Waals surface area contributed by atoms with Crippen molar-refractivity contribution in [3.63, 3.8) is 0 Å². The van der Waals surface area contributed by atoms with E-state index in [-0.39, 0.29) is 11.8 Å². The van der Waals surface area contributed by atoms with Gasteiger partial charge in [-0.2, -0.15) is 5.26 Å². The third-order valence-electron chi connectivity index (χ3n) is 3.27. The van der Waals surface area contributed by atoms with E-state index in [1.165, 1.54) is 0 Å². The van der Waals surface area contributed by atoms with Crippen molar-refractivity contribution < 1.29 is 9.53 Å². The molecular formula is C14H16N2O2. The van der Waals surface area contributed by atoms with Crippen LogP contribution in [0, 0.1) is 11.3 Å². The standard InChI is InChI=1S/C14H16N2O2/c1-18-13-4-2-11(3-5-13)14(10-15)16-8-6-12(17)7-9-16/h2-5,14H,6-9H2,1H3. The van der Waals surface area contributed by atoms with Gasteiger partial charge in [0.15, 0.2) is 0 Å². The quantitative estimate of drug-likeness (QED) is 0.815. The molecule has 1 fully saturated rings. The Balaban J connectivity index is 2.12. The van der Waals surface area contributed by atoms with Gasteiger partial charge in [-0.15, -0.1) is 0 Å². The van der Waals surface area contributed by atoms with Gasteiger partial charge < -0.3 is 4.74 Å². The lowest BCUT2D eigenvalue weighted by Gasteiger charge is -2.30. The van der Waals surface area contributed by atoms with Gasteiger partial charge in [0.25, 0.3) is 0 Å². The summed E-state index contributed by atoms with van der Waals surface area (Å²) >= 11 is 0.